The number of carbonyl (C=O) groups excluding carboxylic acids is 1. The van der Waals surface area contributed by atoms with Crippen molar-refractivity contribution in [2.24, 2.45) is 0 Å². The van der Waals surface area contributed by atoms with Gasteiger partial charge in [-0.2, -0.15) is 0 Å². The van der Waals surface area contributed by atoms with Crippen molar-refractivity contribution in [2.75, 3.05) is 6.54 Å². The van der Waals surface area contributed by atoms with E-state index < -0.39 is 0 Å². The molecule has 0 fully saturated rings. The third kappa shape index (κ3) is 4.09. The summed E-state index contributed by atoms with van der Waals surface area (Å²) < 4.78 is 0. The highest BCUT2D eigenvalue weighted by molar-refractivity contribution is 5.94. The van der Waals surface area contributed by atoms with Gasteiger partial charge in [0.15, 0.2) is 0 Å². The molecule has 2 aromatic rings. The molecule has 0 unspecified atom stereocenters. The number of amides is 1. The molecule has 0 aliphatic heterocycles. The van der Waals surface area contributed by atoms with Gasteiger partial charge in [-0.25, -0.2) is 0 Å². The second-order valence-electron chi connectivity index (χ2n) is 4.62. The summed E-state index contributed by atoms with van der Waals surface area (Å²) in [5, 5.41) is 2.87. The minimum absolute atomic E-state index is 0.00885. The van der Waals surface area contributed by atoms with E-state index in [0.29, 0.717) is 12.1 Å². The molecule has 0 radical (unpaired) electrons. The average molecular weight is 265 g/mol. The number of hydrogen-bond donors (Lipinski definition) is 1. The van der Waals surface area contributed by atoms with Gasteiger partial charge in [0.25, 0.3) is 5.91 Å². The highest BCUT2D eigenvalue weighted by Crippen LogP contribution is 2.09. The predicted molar refractivity (Wildman–Crippen MR) is 84.4 cm³/mol. The summed E-state index contributed by atoms with van der Waals surface area (Å²) in [5.74, 6) is -0.00885. The molecule has 0 atom stereocenters. The molecule has 102 valence electrons. The topological polar surface area (TPSA) is 29.1 Å². The molecule has 2 rings (SSSR count). The fraction of sp³-hybridized carbons (Fsp3) is 0.167. The van der Waals surface area contributed by atoms with Crippen molar-refractivity contribution < 1.29 is 4.79 Å². The van der Waals surface area contributed by atoms with Crippen LogP contribution in [0.4, 0.5) is 0 Å². The van der Waals surface area contributed by atoms with E-state index in [2.05, 4.69) is 23.5 Å². The van der Waals surface area contributed by atoms with Gasteiger partial charge in [0.2, 0.25) is 0 Å². The fourth-order valence-electron chi connectivity index (χ4n) is 1.84. The van der Waals surface area contributed by atoms with Gasteiger partial charge in [-0.05, 0) is 29.7 Å². The monoisotopic (exact) mass is 265 g/mol. The minimum atomic E-state index is -0.00885. The Morgan fingerprint density at radius 3 is 2.15 bits per heavy atom. The van der Waals surface area contributed by atoms with Crippen molar-refractivity contribution in [1.29, 1.82) is 0 Å². The van der Waals surface area contributed by atoms with Crippen LogP contribution in [0.5, 0.6) is 0 Å². The molecule has 0 heterocycles. The molecule has 20 heavy (non-hydrogen) atoms. The Bertz CT molecular complexity index is 570. The Hall–Kier alpha value is -2.35. The molecular weight excluding hydrogens is 246 g/mol. The lowest BCUT2D eigenvalue weighted by Crippen LogP contribution is -2.23. The molecular formula is C18H19NO. The number of hydrogen-bond acceptors (Lipinski definition) is 1. The zero-order valence-corrected chi connectivity index (χ0v) is 11.7. The van der Waals surface area contributed by atoms with Crippen molar-refractivity contribution in [3.8, 4) is 0 Å². The van der Waals surface area contributed by atoms with E-state index in [0.717, 1.165) is 17.5 Å². The van der Waals surface area contributed by atoms with Crippen LogP contribution >= 0.6 is 0 Å². The summed E-state index contributed by atoms with van der Waals surface area (Å²) in [6, 6.07) is 17.8. The number of rotatable bonds is 5. The standard InChI is InChI=1S/C18H19NO/c1-2-14-19-18(20)17-12-10-16(11-13-17)9-8-15-6-4-3-5-7-15/h3-13H,2,14H2,1H3,(H,19,20)/b9-8+. The maximum Gasteiger partial charge on any atom is 0.251 e. The van der Waals surface area contributed by atoms with Crippen LogP contribution in [0.1, 0.15) is 34.8 Å². The number of carbonyl (C=O) groups is 1. The van der Waals surface area contributed by atoms with E-state index in [1.165, 1.54) is 0 Å². The molecule has 0 saturated carbocycles. The first-order chi connectivity index (χ1) is 9.79. The third-order valence-corrected chi connectivity index (χ3v) is 2.98. The van der Waals surface area contributed by atoms with Crippen LogP contribution in [-0.4, -0.2) is 12.5 Å². The average Bonchev–Trinajstić information content (AvgIpc) is 2.52. The van der Waals surface area contributed by atoms with E-state index in [-0.39, 0.29) is 5.91 Å². The van der Waals surface area contributed by atoms with Crippen LogP contribution in [0.2, 0.25) is 0 Å². The molecule has 0 spiro atoms. The van der Waals surface area contributed by atoms with Crippen LogP contribution in [0, 0.1) is 0 Å². The molecule has 1 N–H and O–H groups in total. The summed E-state index contributed by atoms with van der Waals surface area (Å²) in [4.78, 5) is 11.8. The van der Waals surface area contributed by atoms with E-state index in [9.17, 15) is 4.79 Å². The van der Waals surface area contributed by atoms with Crippen LogP contribution < -0.4 is 5.32 Å². The van der Waals surface area contributed by atoms with Crippen molar-refractivity contribution in [3.63, 3.8) is 0 Å². The number of nitrogens with one attached hydrogen (secondary N) is 1. The van der Waals surface area contributed by atoms with Gasteiger partial charge < -0.3 is 5.32 Å². The lowest BCUT2D eigenvalue weighted by molar-refractivity contribution is 0.0953. The van der Waals surface area contributed by atoms with Crippen LogP contribution in [0.15, 0.2) is 54.6 Å². The molecule has 1 amide bonds. The normalized spacial score (nSPS) is 10.7. The summed E-state index contributed by atoms with van der Waals surface area (Å²) in [6.45, 7) is 2.76. The molecule has 2 aromatic carbocycles. The van der Waals surface area contributed by atoms with E-state index in [1.807, 2.05) is 55.5 Å². The molecule has 0 aromatic heterocycles. The summed E-state index contributed by atoms with van der Waals surface area (Å²) in [5.41, 5.74) is 2.95. The summed E-state index contributed by atoms with van der Waals surface area (Å²) >= 11 is 0. The minimum Gasteiger partial charge on any atom is -0.352 e. The lowest BCUT2D eigenvalue weighted by atomic mass is 10.1. The van der Waals surface area contributed by atoms with Crippen LogP contribution in [-0.2, 0) is 0 Å². The van der Waals surface area contributed by atoms with E-state index in [4.69, 9.17) is 0 Å². The highest BCUT2D eigenvalue weighted by atomic mass is 16.1. The van der Waals surface area contributed by atoms with Gasteiger partial charge in [0.05, 0.1) is 0 Å². The van der Waals surface area contributed by atoms with Gasteiger partial charge in [0, 0.05) is 12.1 Å². The second kappa shape index (κ2) is 7.29. The molecule has 0 bridgehead atoms. The molecule has 0 aliphatic carbocycles. The molecule has 2 heteroatoms. The van der Waals surface area contributed by atoms with Gasteiger partial charge in [0.1, 0.15) is 0 Å². The molecule has 2 nitrogen and oxygen atoms in total. The predicted octanol–water partition coefficient (Wildman–Crippen LogP) is 4.00. The first-order valence-corrected chi connectivity index (χ1v) is 6.91. The Balaban J connectivity index is 2.01. The highest BCUT2D eigenvalue weighted by Gasteiger charge is 2.02. The van der Waals surface area contributed by atoms with Gasteiger partial charge in [-0.1, -0.05) is 61.5 Å². The maximum absolute atomic E-state index is 11.8. The zero-order chi connectivity index (χ0) is 14.2. The van der Waals surface area contributed by atoms with Crippen molar-refractivity contribution in [2.45, 2.75) is 13.3 Å². The van der Waals surface area contributed by atoms with Crippen molar-refractivity contribution in [1.82, 2.24) is 5.32 Å². The van der Waals surface area contributed by atoms with Crippen LogP contribution in [0.25, 0.3) is 12.2 Å². The van der Waals surface area contributed by atoms with Gasteiger partial charge in [-0.15, -0.1) is 0 Å². The largest absolute Gasteiger partial charge is 0.352 e. The zero-order valence-electron chi connectivity index (χ0n) is 11.7. The lowest BCUT2D eigenvalue weighted by Gasteiger charge is -2.03. The Labute approximate surface area is 120 Å². The maximum atomic E-state index is 11.8. The Morgan fingerprint density at radius 1 is 0.950 bits per heavy atom. The first-order valence-electron chi connectivity index (χ1n) is 6.91. The second-order valence-corrected chi connectivity index (χ2v) is 4.62. The van der Waals surface area contributed by atoms with Crippen molar-refractivity contribution >= 4 is 18.1 Å². The third-order valence-electron chi connectivity index (χ3n) is 2.98. The quantitative estimate of drug-likeness (QED) is 0.813. The van der Waals surface area contributed by atoms with Gasteiger partial charge in [-0.3, -0.25) is 4.79 Å². The van der Waals surface area contributed by atoms with Crippen molar-refractivity contribution in [3.05, 3.63) is 71.3 Å². The van der Waals surface area contributed by atoms with E-state index >= 15 is 0 Å². The fourth-order valence-corrected chi connectivity index (χ4v) is 1.84. The van der Waals surface area contributed by atoms with Gasteiger partial charge >= 0.3 is 0 Å². The smallest absolute Gasteiger partial charge is 0.251 e. The van der Waals surface area contributed by atoms with E-state index in [1.54, 1.807) is 0 Å². The summed E-state index contributed by atoms with van der Waals surface area (Å²) in [7, 11) is 0. The molecule has 0 saturated heterocycles. The SMILES string of the molecule is CCCNC(=O)c1ccc(/C=C/c2ccccc2)cc1. The first kappa shape index (κ1) is 14.1. The Morgan fingerprint density at radius 2 is 1.55 bits per heavy atom. The summed E-state index contributed by atoms with van der Waals surface area (Å²) in [6.07, 6.45) is 5.05. The van der Waals surface area contributed by atoms with Crippen LogP contribution in [0.3, 0.4) is 0 Å². The Kier molecular flexibility index (Phi) is 5.13. The number of benzene rings is 2. The molecule has 0 aliphatic rings.